The molecule has 0 fully saturated rings. The lowest BCUT2D eigenvalue weighted by Gasteiger charge is -2.13. The Balaban J connectivity index is 2.24. The van der Waals surface area contributed by atoms with Crippen molar-refractivity contribution in [2.24, 2.45) is 10.1 Å². The van der Waals surface area contributed by atoms with E-state index in [9.17, 15) is 21.6 Å². The van der Waals surface area contributed by atoms with Crippen molar-refractivity contribution in [2.75, 3.05) is 0 Å². The maximum atomic E-state index is 13.0. The van der Waals surface area contributed by atoms with Crippen LogP contribution >= 0.6 is 0 Å². The van der Waals surface area contributed by atoms with Crippen LogP contribution in [0.25, 0.3) is 11.1 Å². The first-order valence-corrected chi connectivity index (χ1v) is 7.93. The minimum absolute atomic E-state index is 0.147. The van der Waals surface area contributed by atoms with Gasteiger partial charge in [0.05, 0.1) is 12.1 Å². The van der Waals surface area contributed by atoms with E-state index in [-0.39, 0.29) is 22.6 Å². The van der Waals surface area contributed by atoms with Crippen LogP contribution in [0.2, 0.25) is 0 Å². The number of benzene rings is 1. The van der Waals surface area contributed by atoms with Gasteiger partial charge in [-0.15, -0.1) is 0 Å². The van der Waals surface area contributed by atoms with Crippen LogP contribution in [0.15, 0.2) is 40.5 Å². The molecule has 9 heteroatoms. The lowest BCUT2D eigenvalue weighted by Crippen LogP contribution is -2.12. The smallest absolute Gasteiger partial charge is 0.288 e. The van der Waals surface area contributed by atoms with Gasteiger partial charge in [-0.1, -0.05) is 0 Å². The Bertz CT molecular complexity index is 921. The molecule has 0 aliphatic carbocycles. The summed E-state index contributed by atoms with van der Waals surface area (Å²) >= 11 is 0. The highest BCUT2D eigenvalue weighted by Gasteiger charge is 2.32. The van der Waals surface area contributed by atoms with Crippen molar-refractivity contribution in [1.29, 1.82) is 0 Å². The Morgan fingerprint density at radius 2 is 1.87 bits per heavy atom. The quantitative estimate of drug-likeness (QED) is 0.910. The normalized spacial score (nSPS) is 14.1. The zero-order valence-electron chi connectivity index (χ0n) is 11.5. The molecule has 1 aliphatic rings. The number of sulfonamides is 1. The standard InChI is InChI=1S/C14H10F3N3O2S/c15-14(16,17)10-1-8-4-20-7-13(8)12(3-10)9-2-11(6-19-5-9)23(18,21)22/h1-3,5-7H,4H2,(H2,18,21,22). The number of aliphatic imine (C=N–C) groups is 1. The molecule has 2 heterocycles. The highest BCUT2D eigenvalue weighted by atomic mass is 32.2. The number of hydrogen-bond acceptors (Lipinski definition) is 4. The SMILES string of the molecule is NS(=O)(=O)c1cncc(-c2cc(C(F)(F)F)cc3c2C=NC3)c1. The molecule has 3 rings (SSSR count). The Kier molecular flexibility index (Phi) is 3.49. The molecule has 1 aromatic heterocycles. The molecule has 2 aromatic rings. The molecule has 5 nitrogen and oxygen atoms in total. The third kappa shape index (κ3) is 2.97. The summed E-state index contributed by atoms with van der Waals surface area (Å²) in [6.45, 7) is 0.147. The second-order valence-corrected chi connectivity index (χ2v) is 6.58. The number of halogens is 3. The molecule has 0 saturated carbocycles. The Morgan fingerprint density at radius 3 is 2.52 bits per heavy atom. The van der Waals surface area contributed by atoms with E-state index in [1.807, 2.05) is 0 Å². The average molecular weight is 341 g/mol. The van der Waals surface area contributed by atoms with E-state index in [2.05, 4.69) is 9.98 Å². The fraction of sp³-hybridized carbons (Fsp3) is 0.143. The molecule has 23 heavy (non-hydrogen) atoms. The summed E-state index contributed by atoms with van der Waals surface area (Å²) in [5.74, 6) is 0. The van der Waals surface area contributed by atoms with Gasteiger partial charge in [0.15, 0.2) is 0 Å². The third-order valence-corrected chi connectivity index (χ3v) is 4.31. The van der Waals surface area contributed by atoms with Crippen molar-refractivity contribution in [3.8, 4) is 11.1 Å². The second-order valence-electron chi connectivity index (χ2n) is 5.02. The summed E-state index contributed by atoms with van der Waals surface area (Å²) in [4.78, 5) is 7.47. The van der Waals surface area contributed by atoms with Crippen molar-refractivity contribution in [3.63, 3.8) is 0 Å². The summed E-state index contributed by atoms with van der Waals surface area (Å²) in [6, 6.07) is 3.20. The van der Waals surface area contributed by atoms with E-state index in [0.29, 0.717) is 11.1 Å². The Labute approximate surface area is 129 Å². The lowest BCUT2D eigenvalue weighted by atomic mass is 9.95. The van der Waals surface area contributed by atoms with Gasteiger partial charge in [0.2, 0.25) is 10.0 Å². The number of rotatable bonds is 2. The van der Waals surface area contributed by atoms with Crippen LogP contribution in [-0.4, -0.2) is 19.6 Å². The van der Waals surface area contributed by atoms with Crippen molar-refractivity contribution >= 4 is 16.2 Å². The van der Waals surface area contributed by atoms with Crippen molar-refractivity contribution in [3.05, 3.63) is 47.3 Å². The predicted octanol–water partition coefficient (Wildman–Crippen LogP) is 2.35. The molecule has 0 saturated heterocycles. The first kappa shape index (κ1) is 15.6. The lowest BCUT2D eigenvalue weighted by molar-refractivity contribution is -0.137. The van der Waals surface area contributed by atoms with E-state index in [1.54, 1.807) is 0 Å². The molecule has 1 aromatic carbocycles. The van der Waals surface area contributed by atoms with Crippen LogP contribution in [0.5, 0.6) is 0 Å². The number of pyridine rings is 1. The molecule has 0 spiro atoms. The molecule has 0 unspecified atom stereocenters. The van der Waals surface area contributed by atoms with E-state index in [0.717, 1.165) is 18.3 Å². The molecule has 2 N–H and O–H groups in total. The van der Waals surface area contributed by atoms with Gasteiger partial charge >= 0.3 is 6.18 Å². The van der Waals surface area contributed by atoms with E-state index < -0.39 is 21.8 Å². The van der Waals surface area contributed by atoms with Crippen LogP contribution in [0, 0.1) is 0 Å². The van der Waals surface area contributed by atoms with Gasteiger partial charge in [0.1, 0.15) is 4.90 Å². The second kappa shape index (κ2) is 5.14. The van der Waals surface area contributed by atoms with Gasteiger partial charge in [-0.25, -0.2) is 13.6 Å². The molecule has 0 radical (unpaired) electrons. The van der Waals surface area contributed by atoms with Gasteiger partial charge in [0.25, 0.3) is 0 Å². The highest BCUT2D eigenvalue weighted by Crippen LogP contribution is 2.37. The number of nitrogens with zero attached hydrogens (tertiary/aromatic N) is 2. The molecule has 0 bridgehead atoms. The summed E-state index contributed by atoms with van der Waals surface area (Å²) in [6.07, 6.45) is -0.719. The zero-order chi connectivity index (χ0) is 16.8. The highest BCUT2D eigenvalue weighted by molar-refractivity contribution is 7.89. The number of primary sulfonamides is 1. The Morgan fingerprint density at radius 1 is 1.13 bits per heavy atom. The van der Waals surface area contributed by atoms with Crippen LogP contribution < -0.4 is 5.14 Å². The topological polar surface area (TPSA) is 85.4 Å². The summed E-state index contributed by atoms with van der Waals surface area (Å²) in [5, 5.41) is 5.04. The monoisotopic (exact) mass is 341 g/mol. The molecular formula is C14H10F3N3O2S. The van der Waals surface area contributed by atoms with Crippen LogP contribution in [0.4, 0.5) is 13.2 Å². The van der Waals surface area contributed by atoms with Crippen molar-refractivity contribution in [2.45, 2.75) is 17.6 Å². The zero-order valence-corrected chi connectivity index (χ0v) is 12.3. The summed E-state index contributed by atoms with van der Waals surface area (Å²) in [5.41, 5.74) is 0.571. The molecule has 0 amide bonds. The fourth-order valence-electron chi connectivity index (χ4n) is 2.36. The molecule has 120 valence electrons. The number of fused-ring (bicyclic) bond motifs is 1. The molecule has 1 aliphatic heterocycles. The number of nitrogens with two attached hydrogens (primary N) is 1. The summed E-state index contributed by atoms with van der Waals surface area (Å²) < 4.78 is 62.0. The minimum Gasteiger partial charge on any atom is -0.288 e. The van der Waals surface area contributed by atoms with Crippen LogP contribution in [-0.2, 0) is 22.7 Å². The first-order valence-electron chi connectivity index (χ1n) is 6.38. The first-order chi connectivity index (χ1) is 10.7. The molecular weight excluding hydrogens is 331 g/mol. The Hall–Kier alpha value is -2.26. The number of alkyl halides is 3. The summed E-state index contributed by atoms with van der Waals surface area (Å²) in [7, 11) is -4.00. The number of aromatic nitrogens is 1. The largest absolute Gasteiger partial charge is 0.416 e. The van der Waals surface area contributed by atoms with E-state index in [4.69, 9.17) is 5.14 Å². The fourth-order valence-corrected chi connectivity index (χ4v) is 2.86. The van der Waals surface area contributed by atoms with E-state index in [1.165, 1.54) is 18.5 Å². The predicted molar refractivity (Wildman–Crippen MR) is 77.3 cm³/mol. The minimum atomic E-state index is -4.52. The van der Waals surface area contributed by atoms with Crippen LogP contribution in [0.1, 0.15) is 16.7 Å². The number of hydrogen-bond donors (Lipinski definition) is 1. The van der Waals surface area contributed by atoms with Gasteiger partial charge in [-0.05, 0) is 29.3 Å². The average Bonchev–Trinajstić information content (AvgIpc) is 2.93. The third-order valence-electron chi connectivity index (χ3n) is 3.43. The maximum Gasteiger partial charge on any atom is 0.416 e. The van der Waals surface area contributed by atoms with Gasteiger partial charge in [0, 0.05) is 29.7 Å². The van der Waals surface area contributed by atoms with Crippen LogP contribution in [0.3, 0.4) is 0 Å². The molecule has 0 atom stereocenters. The maximum absolute atomic E-state index is 13.0. The van der Waals surface area contributed by atoms with E-state index >= 15 is 0 Å². The van der Waals surface area contributed by atoms with Crippen molar-refractivity contribution in [1.82, 2.24) is 4.98 Å². The van der Waals surface area contributed by atoms with Gasteiger partial charge in [-0.2, -0.15) is 13.2 Å². The van der Waals surface area contributed by atoms with Crippen molar-refractivity contribution < 1.29 is 21.6 Å². The van der Waals surface area contributed by atoms with Gasteiger partial charge in [-0.3, -0.25) is 9.98 Å². The van der Waals surface area contributed by atoms with Gasteiger partial charge < -0.3 is 0 Å².